The van der Waals surface area contributed by atoms with Crippen molar-refractivity contribution in [1.82, 2.24) is 0 Å². The fraction of sp³-hybridized carbons (Fsp3) is 0. The Morgan fingerprint density at radius 2 is 0.500 bits per heavy atom. The standard InChI is InChI=1S/6FH.2La/h6*1H;;/q;;;;;;2*+3/p-6. The van der Waals surface area contributed by atoms with Gasteiger partial charge in [-0.05, 0) is 0 Å². The Morgan fingerprint density at radius 1 is 0.500 bits per heavy atom. The van der Waals surface area contributed by atoms with Crippen LogP contribution in [0.2, 0.25) is 0 Å². The topological polar surface area (TPSA) is 0 Å². The first kappa shape index (κ1) is 12.6. The Bertz CT molecular complexity index is 22.0. The predicted molar refractivity (Wildman–Crippen MR) is 6.65 cm³/mol. The Morgan fingerprint density at radius 3 is 0.500 bits per heavy atom. The van der Waals surface area contributed by atoms with E-state index in [0.29, 0.717) is 0 Å². The van der Waals surface area contributed by atoms with Crippen LogP contribution in [0.15, 0.2) is 0 Å². The maximum atomic E-state index is 9.89. The summed E-state index contributed by atoms with van der Waals surface area (Å²) >= 11 is -10.4. The van der Waals surface area contributed by atoms with Crippen molar-refractivity contribution in [2.24, 2.45) is 0 Å². The Labute approximate surface area is 72.6 Å². The fourth-order valence-corrected chi connectivity index (χ4v) is 0. The third kappa shape index (κ3) is 99.8. The van der Waals surface area contributed by atoms with E-state index < -0.39 is 64.5 Å². The summed E-state index contributed by atoms with van der Waals surface area (Å²) in [5.41, 5.74) is 0. The van der Waals surface area contributed by atoms with Gasteiger partial charge in [-0.2, -0.15) is 0 Å². The van der Waals surface area contributed by atoms with E-state index in [1.54, 1.807) is 0 Å². The van der Waals surface area contributed by atoms with Gasteiger partial charge < -0.3 is 0 Å². The van der Waals surface area contributed by atoms with Crippen LogP contribution in [0.1, 0.15) is 0 Å². The van der Waals surface area contributed by atoms with Gasteiger partial charge in [-0.15, -0.1) is 0 Å². The van der Waals surface area contributed by atoms with Gasteiger partial charge in [0.25, 0.3) is 0 Å². The SMILES string of the molecule is [F][La]([F])[F].[F][La]([F])[F]. The zero-order valence-corrected chi connectivity index (χ0v) is 10.7. The van der Waals surface area contributed by atoms with E-state index in [1.165, 1.54) is 0 Å². The van der Waals surface area contributed by atoms with E-state index in [1.807, 2.05) is 0 Å². The molecule has 0 aromatic rings. The molecule has 0 amide bonds. The van der Waals surface area contributed by atoms with Gasteiger partial charge in [-0.25, -0.2) is 0 Å². The van der Waals surface area contributed by atoms with E-state index in [0.717, 1.165) is 0 Å². The van der Waals surface area contributed by atoms with Crippen LogP contribution >= 0.6 is 0 Å². The molecule has 0 aromatic carbocycles. The van der Waals surface area contributed by atoms with Crippen LogP contribution in [0.25, 0.3) is 0 Å². The average molecular weight is 392 g/mol. The summed E-state index contributed by atoms with van der Waals surface area (Å²) in [4.78, 5) is 0. The van der Waals surface area contributed by atoms with Crippen molar-refractivity contribution >= 4 is 0 Å². The monoisotopic (exact) mass is 392 g/mol. The molecule has 0 N–H and O–H groups in total. The molecular weight excluding hydrogens is 392 g/mol. The van der Waals surface area contributed by atoms with Crippen LogP contribution < -0.4 is 0 Å². The third-order valence-corrected chi connectivity index (χ3v) is 0. The molecule has 0 spiro atoms. The van der Waals surface area contributed by atoms with Gasteiger partial charge in [0.1, 0.15) is 0 Å². The number of rotatable bonds is 0. The van der Waals surface area contributed by atoms with E-state index >= 15 is 0 Å². The second-order valence-corrected chi connectivity index (χ2v) is 3.60. The molecule has 48 valence electrons. The van der Waals surface area contributed by atoms with Gasteiger partial charge in [0.05, 0.1) is 0 Å². The summed E-state index contributed by atoms with van der Waals surface area (Å²) in [5.74, 6) is 0. The molecular formula is F6La2. The minimum atomic E-state index is -5.22. The van der Waals surface area contributed by atoms with Gasteiger partial charge in [-0.1, -0.05) is 0 Å². The van der Waals surface area contributed by atoms with Gasteiger partial charge >= 0.3 is 74.1 Å². The van der Waals surface area contributed by atoms with Crippen molar-refractivity contribution < 1.29 is 74.1 Å². The summed E-state index contributed by atoms with van der Waals surface area (Å²) in [5, 5.41) is 0. The van der Waals surface area contributed by atoms with Gasteiger partial charge in [0.2, 0.25) is 0 Å². The van der Waals surface area contributed by atoms with Crippen LogP contribution in [-0.4, -0.2) is 0 Å². The molecule has 0 unspecified atom stereocenters. The molecule has 0 saturated heterocycles. The van der Waals surface area contributed by atoms with E-state index in [2.05, 4.69) is 0 Å². The molecule has 0 aliphatic heterocycles. The van der Waals surface area contributed by atoms with Gasteiger partial charge in [-0.3, -0.25) is 0 Å². The molecule has 8 heavy (non-hydrogen) atoms. The van der Waals surface area contributed by atoms with Crippen LogP contribution in [0, 0.1) is 64.5 Å². The Balaban J connectivity index is 0. The molecule has 0 heterocycles. The fourth-order valence-electron chi connectivity index (χ4n) is 0. The van der Waals surface area contributed by atoms with E-state index in [-0.39, 0.29) is 0 Å². The van der Waals surface area contributed by atoms with Crippen molar-refractivity contribution in [1.29, 1.82) is 0 Å². The second-order valence-electron chi connectivity index (χ2n) is 0.495. The molecule has 0 aliphatic carbocycles. The van der Waals surface area contributed by atoms with Crippen LogP contribution in [0.5, 0.6) is 0 Å². The molecule has 0 rings (SSSR count). The first-order chi connectivity index (χ1) is 3.46. The van der Waals surface area contributed by atoms with Crippen molar-refractivity contribution in [3.63, 3.8) is 0 Å². The van der Waals surface area contributed by atoms with Crippen LogP contribution in [0.3, 0.4) is 0 Å². The molecule has 0 atom stereocenters. The van der Waals surface area contributed by atoms with Crippen molar-refractivity contribution in [3.05, 3.63) is 0 Å². The van der Waals surface area contributed by atoms with E-state index in [9.17, 15) is 9.63 Å². The molecule has 0 bridgehead atoms. The Kier molecular flexibility index (Phi) is 14.2. The van der Waals surface area contributed by atoms with Gasteiger partial charge in [0.15, 0.2) is 0 Å². The molecule has 0 saturated carbocycles. The number of hydrogen-bond donors (Lipinski definition) is 0. The molecule has 0 fully saturated rings. The first-order valence-corrected chi connectivity index (χ1v) is 9.53. The number of hydrogen-bond acceptors (Lipinski definition) is 0. The summed E-state index contributed by atoms with van der Waals surface area (Å²) in [6.07, 6.45) is 0. The van der Waals surface area contributed by atoms with Crippen molar-refractivity contribution in [3.8, 4) is 0 Å². The van der Waals surface area contributed by atoms with Crippen LogP contribution in [-0.2, 0) is 0 Å². The molecule has 0 aliphatic rings. The summed E-state index contributed by atoms with van der Waals surface area (Å²) in [6.45, 7) is 0. The Hall–Kier alpha value is 1.97. The minimum absolute atomic E-state index is 5.22. The summed E-state index contributed by atoms with van der Waals surface area (Å²) in [6, 6.07) is 0. The first-order valence-electron chi connectivity index (χ1n) is 1.31. The van der Waals surface area contributed by atoms with Crippen molar-refractivity contribution in [2.75, 3.05) is 0 Å². The zero-order valence-electron chi connectivity index (χ0n) is 3.42. The van der Waals surface area contributed by atoms with Crippen molar-refractivity contribution in [2.45, 2.75) is 0 Å². The summed E-state index contributed by atoms with van der Waals surface area (Å²) < 4.78 is 59.3. The molecule has 0 nitrogen and oxygen atoms in total. The zero-order chi connectivity index (χ0) is 7.15. The van der Waals surface area contributed by atoms with Gasteiger partial charge in [0, 0.05) is 0 Å². The molecule has 0 radical (unpaired) electrons. The van der Waals surface area contributed by atoms with E-state index in [4.69, 9.17) is 0 Å². The molecule has 0 aromatic heterocycles. The molecule has 8 heteroatoms. The maximum absolute atomic E-state index is 9.89. The second kappa shape index (κ2) is 8.97. The normalized spacial score (nSPS) is 6.75. The quantitative estimate of drug-likeness (QED) is 0.557. The number of halogens is 6. The summed E-state index contributed by atoms with van der Waals surface area (Å²) in [7, 11) is 0. The van der Waals surface area contributed by atoms with Crippen LogP contribution in [0.4, 0.5) is 9.63 Å². The third-order valence-electron chi connectivity index (χ3n) is 0. The predicted octanol–water partition coefficient (Wildman–Crippen LogP) is 2.52. The average Bonchev–Trinajstić information content (AvgIpc) is 1.25.